The van der Waals surface area contributed by atoms with Crippen molar-refractivity contribution in [1.82, 2.24) is 25.0 Å². The van der Waals surface area contributed by atoms with Gasteiger partial charge in [0.15, 0.2) is 5.65 Å². The molecule has 3 rings (SSSR count). The Hall–Kier alpha value is -1.37. The van der Waals surface area contributed by atoms with E-state index in [1.54, 1.807) is 6.20 Å². The fraction of sp³-hybridized carbons (Fsp3) is 0.611. The van der Waals surface area contributed by atoms with Gasteiger partial charge in [-0.15, -0.1) is 24.8 Å². The lowest BCUT2D eigenvalue weighted by Crippen LogP contribution is -2.52. The van der Waals surface area contributed by atoms with Crippen molar-refractivity contribution < 1.29 is 4.79 Å². The monoisotopic (exact) mass is 401 g/mol. The Kier molecular flexibility index (Phi) is 7.86. The van der Waals surface area contributed by atoms with Gasteiger partial charge in [-0.25, -0.2) is 9.67 Å². The molecule has 1 saturated heterocycles. The van der Waals surface area contributed by atoms with E-state index < -0.39 is 0 Å². The summed E-state index contributed by atoms with van der Waals surface area (Å²) in [5, 5.41) is 8.66. The Balaban J connectivity index is 0.00000169. The van der Waals surface area contributed by atoms with Gasteiger partial charge in [0.2, 0.25) is 0 Å². The van der Waals surface area contributed by atoms with E-state index in [4.69, 9.17) is 4.98 Å². The van der Waals surface area contributed by atoms with Gasteiger partial charge in [0.25, 0.3) is 5.91 Å². The quantitative estimate of drug-likeness (QED) is 0.855. The van der Waals surface area contributed by atoms with Crippen LogP contribution in [0.1, 0.15) is 62.6 Å². The maximum atomic E-state index is 13.2. The molecule has 0 aliphatic carbocycles. The van der Waals surface area contributed by atoms with Gasteiger partial charge in [-0.1, -0.05) is 13.8 Å². The number of hydrogen-bond acceptors (Lipinski definition) is 4. The summed E-state index contributed by atoms with van der Waals surface area (Å²) in [6, 6.07) is 2.35. The van der Waals surface area contributed by atoms with Crippen LogP contribution >= 0.6 is 24.8 Å². The molecule has 1 amide bonds. The molecule has 6 nitrogen and oxygen atoms in total. The summed E-state index contributed by atoms with van der Waals surface area (Å²) in [6.07, 6.45) is 1.78. The van der Waals surface area contributed by atoms with Crippen LogP contribution < -0.4 is 5.32 Å². The van der Waals surface area contributed by atoms with Crippen molar-refractivity contribution in [2.75, 3.05) is 19.6 Å². The molecule has 1 aliphatic rings. The molecule has 0 spiro atoms. The van der Waals surface area contributed by atoms with E-state index in [0.29, 0.717) is 0 Å². The molecule has 0 saturated carbocycles. The summed E-state index contributed by atoms with van der Waals surface area (Å²) in [5.41, 5.74) is 2.47. The first kappa shape index (κ1) is 22.7. The predicted molar refractivity (Wildman–Crippen MR) is 110 cm³/mol. The average Bonchev–Trinajstić information content (AvgIpc) is 2.97. The molecule has 8 heteroatoms. The molecule has 2 aromatic heterocycles. The molecular formula is C18H29Cl2N5O. The van der Waals surface area contributed by atoms with Gasteiger partial charge in [0.05, 0.1) is 17.1 Å². The van der Waals surface area contributed by atoms with Gasteiger partial charge >= 0.3 is 0 Å². The molecule has 1 fully saturated rings. The summed E-state index contributed by atoms with van der Waals surface area (Å²) in [5.74, 6) is 0.346. The van der Waals surface area contributed by atoms with Gasteiger partial charge < -0.3 is 10.2 Å². The van der Waals surface area contributed by atoms with Gasteiger partial charge in [-0.3, -0.25) is 4.79 Å². The number of aromatic nitrogens is 3. The number of halogens is 2. The third kappa shape index (κ3) is 4.13. The number of pyridine rings is 1. The first-order valence-electron chi connectivity index (χ1n) is 8.80. The van der Waals surface area contributed by atoms with Crippen molar-refractivity contribution in [3.8, 4) is 0 Å². The fourth-order valence-corrected chi connectivity index (χ4v) is 3.19. The Morgan fingerprint density at radius 3 is 2.54 bits per heavy atom. The first-order valence-corrected chi connectivity index (χ1v) is 8.80. The van der Waals surface area contributed by atoms with E-state index >= 15 is 0 Å². The maximum absolute atomic E-state index is 13.2. The third-order valence-electron chi connectivity index (χ3n) is 4.66. The Morgan fingerprint density at radius 1 is 1.27 bits per heavy atom. The minimum absolute atomic E-state index is 0. The van der Waals surface area contributed by atoms with Gasteiger partial charge in [-0.2, -0.15) is 5.10 Å². The Bertz CT molecular complexity index is 759. The molecule has 0 radical (unpaired) electrons. The van der Waals surface area contributed by atoms with E-state index in [2.05, 4.69) is 45.0 Å². The number of fused-ring (bicyclic) bond motifs is 1. The van der Waals surface area contributed by atoms with Crippen LogP contribution in [0.3, 0.4) is 0 Å². The third-order valence-corrected chi connectivity index (χ3v) is 4.66. The predicted octanol–water partition coefficient (Wildman–Crippen LogP) is 3.41. The molecule has 1 aliphatic heterocycles. The second kappa shape index (κ2) is 9.02. The van der Waals surface area contributed by atoms with Crippen LogP contribution in [0.5, 0.6) is 0 Å². The SMILES string of the molecule is CC(C)c1cc(C(=O)N2CCNC[C@H]2C)c2cnn(C(C)C)c2n1.Cl.Cl. The lowest BCUT2D eigenvalue weighted by molar-refractivity contribution is 0.0657. The number of nitrogens with zero attached hydrogens (tertiary/aromatic N) is 4. The zero-order valence-corrected chi connectivity index (χ0v) is 17.7. The van der Waals surface area contributed by atoms with Gasteiger partial charge in [0.1, 0.15) is 0 Å². The molecule has 0 bridgehead atoms. The highest BCUT2D eigenvalue weighted by Gasteiger charge is 2.27. The summed E-state index contributed by atoms with van der Waals surface area (Å²) in [6.45, 7) is 12.9. The van der Waals surface area contributed by atoms with Crippen LogP contribution in [-0.4, -0.2) is 51.2 Å². The van der Waals surface area contributed by atoms with Crippen molar-refractivity contribution >= 4 is 41.8 Å². The van der Waals surface area contributed by atoms with Crippen molar-refractivity contribution in [2.24, 2.45) is 0 Å². The number of nitrogens with one attached hydrogen (secondary N) is 1. The molecule has 146 valence electrons. The molecular weight excluding hydrogens is 373 g/mol. The standard InChI is InChI=1S/C18H27N5O.2ClH/c1-11(2)16-8-14(18(24)22-7-6-19-9-13(22)5)15-10-20-23(12(3)4)17(15)21-16;;/h8,10-13,19H,6-7,9H2,1-5H3;2*1H/t13-;;/m1../s1. The number of carbonyl (C=O) groups excluding carboxylic acids is 1. The van der Waals surface area contributed by atoms with Gasteiger partial charge in [0, 0.05) is 37.4 Å². The second-order valence-corrected chi connectivity index (χ2v) is 7.22. The lowest BCUT2D eigenvalue weighted by Gasteiger charge is -2.34. The van der Waals surface area contributed by atoms with Crippen LogP contribution in [0, 0.1) is 0 Å². The highest BCUT2D eigenvalue weighted by Crippen LogP contribution is 2.26. The fourth-order valence-electron chi connectivity index (χ4n) is 3.19. The van der Waals surface area contributed by atoms with Gasteiger partial charge in [-0.05, 0) is 32.8 Å². The normalized spacial score (nSPS) is 17.3. The summed E-state index contributed by atoms with van der Waals surface area (Å²) in [4.78, 5) is 20.0. The smallest absolute Gasteiger partial charge is 0.255 e. The van der Waals surface area contributed by atoms with Crippen molar-refractivity contribution in [3.05, 3.63) is 23.5 Å². The summed E-state index contributed by atoms with van der Waals surface area (Å²) < 4.78 is 1.90. The minimum atomic E-state index is 0. The number of piperazine rings is 1. The highest BCUT2D eigenvalue weighted by molar-refractivity contribution is 6.05. The maximum Gasteiger partial charge on any atom is 0.255 e. The van der Waals surface area contributed by atoms with Crippen LogP contribution in [0.4, 0.5) is 0 Å². The lowest BCUT2D eigenvalue weighted by atomic mass is 10.0. The van der Waals surface area contributed by atoms with E-state index in [1.165, 1.54) is 0 Å². The van der Waals surface area contributed by atoms with E-state index in [0.717, 1.165) is 41.9 Å². The summed E-state index contributed by atoms with van der Waals surface area (Å²) >= 11 is 0. The molecule has 1 N–H and O–H groups in total. The molecule has 2 aromatic rings. The number of carbonyl (C=O) groups is 1. The highest BCUT2D eigenvalue weighted by atomic mass is 35.5. The average molecular weight is 402 g/mol. The van der Waals surface area contributed by atoms with Crippen LogP contribution in [0.25, 0.3) is 11.0 Å². The Morgan fingerprint density at radius 2 is 1.96 bits per heavy atom. The van der Waals surface area contributed by atoms with Crippen LogP contribution in [0.15, 0.2) is 12.3 Å². The molecule has 0 aromatic carbocycles. The number of amides is 1. The van der Waals surface area contributed by atoms with Crippen LogP contribution in [-0.2, 0) is 0 Å². The first-order chi connectivity index (χ1) is 11.4. The largest absolute Gasteiger partial charge is 0.333 e. The van der Waals surface area contributed by atoms with Crippen molar-refractivity contribution in [1.29, 1.82) is 0 Å². The van der Waals surface area contributed by atoms with E-state index in [1.807, 2.05) is 15.6 Å². The number of hydrogen-bond donors (Lipinski definition) is 1. The number of rotatable bonds is 3. The Labute approximate surface area is 167 Å². The van der Waals surface area contributed by atoms with E-state index in [9.17, 15) is 4.79 Å². The molecule has 3 heterocycles. The minimum Gasteiger partial charge on any atom is -0.333 e. The topological polar surface area (TPSA) is 63.1 Å². The zero-order valence-electron chi connectivity index (χ0n) is 16.0. The second-order valence-electron chi connectivity index (χ2n) is 7.22. The van der Waals surface area contributed by atoms with Crippen molar-refractivity contribution in [3.63, 3.8) is 0 Å². The summed E-state index contributed by atoms with van der Waals surface area (Å²) in [7, 11) is 0. The van der Waals surface area contributed by atoms with Crippen molar-refractivity contribution in [2.45, 2.75) is 52.6 Å². The van der Waals surface area contributed by atoms with E-state index in [-0.39, 0.29) is 48.7 Å². The molecule has 26 heavy (non-hydrogen) atoms. The molecule has 1 atom stereocenters. The molecule has 0 unspecified atom stereocenters. The van der Waals surface area contributed by atoms with Crippen LogP contribution in [0.2, 0.25) is 0 Å². The zero-order chi connectivity index (χ0) is 17.4.